The predicted octanol–water partition coefficient (Wildman–Crippen LogP) is 3.16. The number of anilines is 1. The van der Waals surface area contributed by atoms with E-state index in [-0.39, 0.29) is 6.04 Å². The number of ether oxygens (including phenoxy) is 1. The Kier molecular flexibility index (Phi) is 4.28. The molecule has 1 aromatic heterocycles. The van der Waals surface area contributed by atoms with Gasteiger partial charge in [-0.15, -0.1) is 0 Å². The van der Waals surface area contributed by atoms with Gasteiger partial charge >= 0.3 is 0 Å². The molecule has 3 N–H and O–H groups in total. The van der Waals surface area contributed by atoms with Gasteiger partial charge in [-0.3, -0.25) is 0 Å². The van der Waals surface area contributed by atoms with Crippen LogP contribution < -0.4 is 15.8 Å². The molecular formula is C13H15BrN2O2. The molecule has 0 spiro atoms. The third kappa shape index (κ3) is 2.86. The summed E-state index contributed by atoms with van der Waals surface area (Å²) < 4.78 is 11.5. The van der Waals surface area contributed by atoms with Gasteiger partial charge < -0.3 is 20.2 Å². The van der Waals surface area contributed by atoms with Crippen LogP contribution in [0.5, 0.6) is 5.75 Å². The summed E-state index contributed by atoms with van der Waals surface area (Å²) in [5.74, 6) is 1.57. The smallest absolute Gasteiger partial charge is 0.169 e. The summed E-state index contributed by atoms with van der Waals surface area (Å²) in [6, 6.07) is 11.4. The van der Waals surface area contributed by atoms with Gasteiger partial charge in [-0.1, -0.05) is 12.1 Å². The second-order valence-electron chi connectivity index (χ2n) is 3.77. The highest BCUT2D eigenvalue weighted by molar-refractivity contribution is 9.10. The van der Waals surface area contributed by atoms with Crippen LogP contribution in [-0.2, 0) is 0 Å². The number of nitrogens with two attached hydrogens (primary N) is 1. The molecule has 0 bridgehead atoms. The maximum absolute atomic E-state index is 5.77. The third-order valence-corrected chi connectivity index (χ3v) is 3.04. The minimum Gasteiger partial charge on any atom is -0.495 e. The molecule has 0 aliphatic rings. The molecule has 0 amide bonds. The van der Waals surface area contributed by atoms with E-state index in [0.717, 1.165) is 17.2 Å². The van der Waals surface area contributed by atoms with Crippen molar-refractivity contribution in [2.75, 3.05) is 19.0 Å². The minimum atomic E-state index is -0.0902. The molecular weight excluding hydrogens is 296 g/mol. The second kappa shape index (κ2) is 5.93. The summed E-state index contributed by atoms with van der Waals surface area (Å²) in [4.78, 5) is 0. The number of nitrogens with one attached hydrogen (secondary N) is 1. The minimum absolute atomic E-state index is 0.0902. The fourth-order valence-electron chi connectivity index (χ4n) is 1.71. The molecule has 0 fully saturated rings. The zero-order chi connectivity index (χ0) is 13.0. The Morgan fingerprint density at radius 1 is 1.33 bits per heavy atom. The van der Waals surface area contributed by atoms with Crippen molar-refractivity contribution in [1.29, 1.82) is 0 Å². The van der Waals surface area contributed by atoms with Gasteiger partial charge in [0.15, 0.2) is 4.67 Å². The summed E-state index contributed by atoms with van der Waals surface area (Å²) in [6.07, 6.45) is 0. The van der Waals surface area contributed by atoms with Gasteiger partial charge in [-0.2, -0.15) is 0 Å². The third-order valence-electron chi connectivity index (χ3n) is 2.61. The van der Waals surface area contributed by atoms with Gasteiger partial charge in [-0.25, -0.2) is 0 Å². The van der Waals surface area contributed by atoms with Crippen molar-refractivity contribution in [2.24, 2.45) is 5.73 Å². The van der Waals surface area contributed by atoms with Crippen LogP contribution in [0.3, 0.4) is 0 Å². The number of methoxy groups -OCH3 is 1. The van der Waals surface area contributed by atoms with Gasteiger partial charge in [-0.05, 0) is 40.2 Å². The van der Waals surface area contributed by atoms with Gasteiger partial charge in [0.1, 0.15) is 11.5 Å². The average Bonchev–Trinajstić information content (AvgIpc) is 2.83. The highest BCUT2D eigenvalue weighted by atomic mass is 79.9. The summed E-state index contributed by atoms with van der Waals surface area (Å²) in [6.45, 7) is 0.429. The first-order chi connectivity index (χ1) is 8.74. The molecule has 0 saturated heterocycles. The van der Waals surface area contributed by atoms with E-state index >= 15 is 0 Å². The van der Waals surface area contributed by atoms with Gasteiger partial charge in [0.2, 0.25) is 0 Å². The van der Waals surface area contributed by atoms with Crippen molar-refractivity contribution in [3.8, 4) is 5.75 Å². The van der Waals surface area contributed by atoms with Crippen molar-refractivity contribution in [3.63, 3.8) is 0 Å². The quantitative estimate of drug-likeness (QED) is 0.890. The topological polar surface area (TPSA) is 60.4 Å². The van der Waals surface area contributed by atoms with Crippen LogP contribution in [-0.4, -0.2) is 13.7 Å². The van der Waals surface area contributed by atoms with Crippen molar-refractivity contribution < 1.29 is 9.15 Å². The Balaban J connectivity index is 2.20. The normalized spacial score (nSPS) is 12.2. The lowest BCUT2D eigenvalue weighted by Crippen LogP contribution is -2.20. The monoisotopic (exact) mass is 310 g/mol. The SMILES string of the molecule is COc1ccccc1NC(CN)c1ccc(Br)o1. The molecule has 0 radical (unpaired) electrons. The first-order valence-electron chi connectivity index (χ1n) is 5.59. The zero-order valence-corrected chi connectivity index (χ0v) is 11.6. The summed E-state index contributed by atoms with van der Waals surface area (Å²) in [7, 11) is 1.64. The van der Waals surface area contributed by atoms with E-state index in [9.17, 15) is 0 Å². The molecule has 1 heterocycles. The fourth-order valence-corrected chi connectivity index (χ4v) is 2.03. The first kappa shape index (κ1) is 13.0. The molecule has 1 aromatic carbocycles. The summed E-state index contributed by atoms with van der Waals surface area (Å²) in [5.41, 5.74) is 6.67. The standard InChI is InChI=1S/C13H15BrN2O2/c1-17-11-5-3-2-4-9(11)16-10(8-15)12-6-7-13(14)18-12/h2-7,10,16H,8,15H2,1H3. The maximum atomic E-state index is 5.77. The van der Waals surface area contributed by atoms with Gasteiger partial charge in [0.25, 0.3) is 0 Å². The lowest BCUT2D eigenvalue weighted by molar-refractivity contribution is 0.414. The Hall–Kier alpha value is -1.46. The van der Waals surface area contributed by atoms with Crippen LogP contribution in [0.1, 0.15) is 11.8 Å². The van der Waals surface area contributed by atoms with E-state index < -0.39 is 0 Å². The lowest BCUT2D eigenvalue weighted by Gasteiger charge is -2.17. The number of hydrogen-bond donors (Lipinski definition) is 2. The molecule has 1 unspecified atom stereocenters. The summed E-state index contributed by atoms with van der Waals surface area (Å²) >= 11 is 3.28. The van der Waals surface area contributed by atoms with Gasteiger partial charge in [0.05, 0.1) is 18.8 Å². The number of benzene rings is 1. The van der Waals surface area contributed by atoms with E-state index in [0.29, 0.717) is 11.2 Å². The van der Waals surface area contributed by atoms with Crippen molar-refractivity contribution in [3.05, 3.63) is 46.8 Å². The number of halogens is 1. The molecule has 4 nitrogen and oxygen atoms in total. The largest absolute Gasteiger partial charge is 0.495 e. The number of rotatable bonds is 5. The molecule has 18 heavy (non-hydrogen) atoms. The van der Waals surface area contributed by atoms with Crippen LogP contribution in [0.25, 0.3) is 0 Å². The van der Waals surface area contributed by atoms with E-state index in [1.807, 2.05) is 36.4 Å². The van der Waals surface area contributed by atoms with Crippen LogP contribution >= 0.6 is 15.9 Å². The fraction of sp³-hybridized carbons (Fsp3) is 0.231. The Morgan fingerprint density at radius 2 is 2.11 bits per heavy atom. The molecule has 1 atom stereocenters. The average molecular weight is 311 g/mol. The van der Waals surface area contributed by atoms with E-state index in [1.165, 1.54) is 0 Å². The predicted molar refractivity (Wildman–Crippen MR) is 74.8 cm³/mol. The molecule has 0 saturated carbocycles. The van der Waals surface area contributed by atoms with Crippen LogP contribution in [0.4, 0.5) is 5.69 Å². The molecule has 2 rings (SSSR count). The Morgan fingerprint density at radius 3 is 2.72 bits per heavy atom. The van der Waals surface area contributed by atoms with Crippen molar-refractivity contribution >= 4 is 21.6 Å². The molecule has 5 heteroatoms. The van der Waals surface area contributed by atoms with Crippen LogP contribution in [0, 0.1) is 0 Å². The highest BCUT2D eigenvalue weighted by Crippen LogP contribution is 2.28. The number of hydrogen-bond acceptors (Lipinski definition) is 4. The number of para-hydroxylation sites is 2. The zero-order valence-electron chi connectivity index (χ0n) is 10.0. The molecule has 0 aliphatic heterocycles. The molecule has 0 aliphatic carbocycles. The molecule has 96 valence electrons. The second-order valence-corrected chi connectivity index (χ2v) is 4.56. The van der Waals surface area contributed by atoms with E-state index in [2.05, 4.69) is 21.2 Å². The number of furan rings is 1. The van der Waals surface area contributed by atoms with Crippen molar-refractivity contribution in [1.82, 2.24) is 0 Å². The van der Waals surface area contributed by atoms with Crippen molar-refractivity contribution in [2.45, 2.75) is 6.04 Å². The van der Waals surface area contributed by atoms with Gasteiger partial charge in [0, 0.05) is 6.54 Å². The Bertz CT molecular complexity index is 513. The van der Waals surface area contributed by atoms with Crippen LogP contribution in [0.2, 0.25) is 0 Å². The summed E-state index contributed by atoms with van der Waals surface area (Å²) in [5, 5.41) is 3.31. The van der Waals surface area contributed by atoms with Crippen LogP contribution in [0.15, 0.2) is 45.5 Å². The maximum Gasteiger partial charge on any atom is 0.169 e. The van der Waals surface area contributed by atoms with E-state index in [1.54, 1.807) is 7.11 Å². The first-order valence-corrected chi connectivity index (χ1v) is 6.38. The molecule has 2 aromatic rings. The Labute approximate surface area is 114 Å². The van der Waals surface area contributed by atoms with E-state index in [4.69, 9.17) is 14.9 Å². The highest BCUT2D eigenvalue weighted by Gasteiger charge is 2.15. The lowest BCUT2D eigenvalue weighted by atomic mass is 10.2.